The van der Waals surface area contributed by atoms with E-state index in [4.69, 9.17) is 5.73 Å². The highest BCUT2D eigenvalue weighted by Gasteiger charge is 2.13. The maximum Gasteiger partial charge on any atom is 0.0630 e. The van der Waals surface area contributed by atoms with Crippen molar-refractivity contribution in [2.75, 3.05) is 11.1 Å². The van der Waals surface area contributed by atoms with Crippen LogP contribution in [-0.4, -0.2) is 11.0 Å². The Morgan fingerprint density at radius 2 is 1.75 bits per heavy atom. The number of nitrogens with one attached hydrogen (secondary N) is 1. The molecule has 0 bridgehead atoms. The average molecular weight is 269 g/mol. The number of anilines is 2. The molecule has 0 radical (unpaired) electrons. The first-order valence-corrected chi connectivity index (χ1v) is 7.73. The molecule has 0 saturated heterocycles. The number of pyridine rings is 1. The van der Waals surface area contributed by atoms with E-state index in [9.17, 15) is 0 Å². The van der Waals surface area contributed by atoms with Crippen molar-refractivity contribution in [3.63, 3.8) is 0 Å². The Kier molecular flexibility index (Phi) is 4.05. The molecule has 1 aromatic carbocycles. The monoisotopic (exact) mass is 269 g/mol. The van der Waals surface area contributed by atoms with Crippen LogP contribution in [0, 0.1) is 0 Å². The molecule has 0 amide bonds. The number of benzene rings is 1. The van der Waals surface area contributed by atoms with Crippen LogP contribution in [-0.2, 0) is 0 Å². The van der Waals surface area contributed by atoms with Crippen molar-refractivity contribution in [3.05, 3.63) is 30.6 Å². The lowest BCUT2D eigenvalue weighted by Crippen LogP contribution is -2.21. The van der Waals surface area contributed by atoms with Crippen LogP contribution in [0.15, 0.2) is 30.6 Å². The van der Waals surface area contributed by atoms with Gasteiger partial charge in [-0.3, -0.25) is 4.98 Å². The van der Waals surface area contributed by atoms with Gasteiger partial charge in [-0.05, 0) is 25.0 Å². The Balaban J connectivity index is 1.81. The lowest BCUT2D eigenvalue weighted by atomic mass is 9.96. The van der Waals surface area contributed by atoms with E-state index in [1.165, 1.54) is 44.9 Å². The molecule has 106 valence electrons. The Morgan fingerprint density at radius 1 is 1.00 bits per heavy atom. The Morgan fingerprint density at radius 3 is 2.55 bits per heavy atom. The summed E-state index contributed by atoms with van der Waals surface area (Å²) in [5, 5.41) is 5.86. The largest absolute Gasteiger partial charge is 0.397 e. The summed E-state index contributed by atoms with van der Waals surface area (Å²) in [5.74, 6) is 0. The molecule has 1 aromatic heterocycles. The van der Waals surface area contributed by atoms with E-state index in [2.05, 4.69) is 22.4 Å². The molecular formula is C17H23N3. The topological polar surface area (TPSA) is 50.9 Å². The van der Waals surface area contributed by atoms with Gasteiger partial charge in [-0.25, -0.2) is 0 Å². The van der Waals surface area contributed by atoms with Gasteiger partial charge in [0.2, 0.25) is 0 Å². The van der Waals surface area contributed by atoms with Gasteiger partial charge in [0, 0.05) is 29.2 Å². The van der Waals surface area contributed by atoms with Crippen LogP contribution in [0.4, 0.5) is 11.4 Å². The van der Waals surface area contributed by atoms with Crippen LogP contribution >= 0.6 is 0 Å². The van der Waals surface area contributed by atoms with Crippen molar-refractivity contribution < 1.29 is 0 Å². The van der Waals surface area contributed by atoms with Gasteiger partial charge < -0.3 is 11.1 Å². The number of nitrogens with two attached hydrogens (primary N) is 1. The molecule has 1 saturated carbocycles. The number of fused-ring (bicyclic) bond motifs is 1. The summed E-state index contributed by atoms with van der Waals surface area (Å²) in [6, 6.07) is 6.76. The van der Waals surface area contributed by atoms with E-state index in [1.807, 2.05) is 12.3 Å². The third kappa shape index (κ3) is 2.87. The van der Waals surface area contributed by atoms with E-state index in [0.29, 0.717) is 6.04 Å². The predicted molar refractivity (Wildman–Crippen MR) is 85.9 cm³/mol. The lowest BCUT2D eigenvalue weighted by Gasteiger charge is -2.23. The zero-order valence-electron chi connectivity index (χ0n) is 11.9. The number of rotatable bonds is 2. The smallest absolute Gasteiger partial charge is 0.0630 e. The second-order valence-electron chi connectivity index (χ2n) is 5.81. The first-order valence-electron chi connectivity index (χ1n) is 7.73. The number of hydrogen-bond acceptors (Lipinski definition) is 3. The van der Waals surface area contributed by atoms with Crippen LogP contribution < -0.4 is 11.1 Å². The SMILES string of the molecule is Nc1c(NC2CCCCCCC2)ccc2cnccc12. The van der Waals surface area contributed by atoms with Crippen LogP contribution in [0.2, 0.25) is 0 Å². The molecular weight excluding hydrogens is 246 g/mol. The molecule has 0 unspecified atom stereocenters. The predicted octanol–water partition coefficient (Wildman–Crippen LogP) is 4.34. The molecule has 0 spiro atoms. The van der Waals surface area contributed by atoms with Gasteiger partial charge in [-0.1, -0.05) is 38.2 Å². The minimum absolute atomic E-state index is 0.567. The molecule has 1 heterocycles. The number of nitrogens with zero attached hydrogens (tertiary/aromatic N) is 1. The summed E-state index contributed by atoms with van der Waals surface area (Å²) in [6.07, 6.45) is 13.0. The van der Waals surface area contributed by atoms with E-state index in [1.54, 1.807) is 6.20 Å². The first kappa shape index (κ1) is 13.2. The van der Waals surface area contributed by atoms with Gasteiger partial charge in [-0.15, -0.1) is 0 Å². The van der Waals surface area contributed by atoms with Crippen molar-refractivity contribution in [2.45, 2.75) is 51.0 Å². The highest BCUT2D eigenvalue weighted by Crippen LogP contribution is 2.30. The summed E-state index contributed by atoms with van der Waals surface area (Å²) in [6.45, 7) is 0. The van der Waals surface area contributed by atoms with Gasteiger partial charge in [0.25, 0.3) is 0 Å². The average Bonchev–Trinajstić information content (AvgIpc) is 2.44. The Labute approximate surface area is 120 Å². The molecule has 3 rings (SSSR count). The standard InChI is InChI=1S/C17H23N3/c18-17-15-10-11-19-12-13(15)8-9-16(17)20-14-6-4-2-1-3-5-7-14/h8-12,14,20H,1-7,18H2. The molecule has 0 atom stereocenters. The van der Waals surface area contributed by atoms with E-state index in [0.717, 1.165) is 22.1 Å². The van der Waals surface area contributed by atoms with Crippen LogP contribution in [0.5, 0.6) is 0 Å². The van der Waals surface area contributed by atoms with Crippen molar-refractivity contribution in [2.24, 2.45) is 0 Å². The van der Waals surface area contributed by atoms with Crippen molar-refractivity contribution in [3.8, 4) is 0 Å². The first-order chi connectivity index (χ1) is 9.84. The van der Waals surface area contributed by atoms with Crippen molar-refractivity contribution in [1.82, 2.24) is 4.98 Å². The van der Waals surface area contributed by atoms with Gasteiger partial charge in [0.1, 0.15) is 0 Å². The molecule has 2 aromatic rings. The molecule has 0 aliphatic heterocycles. The summed E-state index contributed by atoms with van der Waals surface area (Å²) in [7, 11) is 0. The fourth-order valence-electron chi connectivity index (χ4n) is 3.14. The highest BCUT2D eigenvalue weighted by atomic mass is 14.9. The number of hydrogen-bond donors (Lipinski definition) is 2. The highest BCUT2D eigenvalue weighted by molar-refractivity contribution is 5.98. The Hall–Kier alpha value is -1.77. The third-order valence-corrected chi connectivity index (χ3v) is 4.33. The van der Waals surface area contributed by atoms with Crippen molar-refractivity contribution in [1.29, 1.82) is 0 Å². The van der Waals surface area contributed by atoms with Gasteiger partial charge in [0.15, 0.2) is 0 Å². The lowest BCUT2D eigenvalue weighted by molar-refractivity contribution is 0.471. The van der Waals surface area contributed by atoms with Gasteiger partial charge in [0.05, 0.1) is 11.4 Å². The summed E-state index contributed by atoms with van der Waals surface area (Å²) < 4.78 is 0. The molecule has 1 fully saturated rings. The zero-order valence-corrected chi connectivity index (χ0v) is 11.9. The second-order valence-corrected chi connectivity index (χ2v) is 5.81. The van der Waals surface area contributed by atoms with E-state index < -0.39 is 0 Å². The quantitative estimate of drug-likeness (QED) is 0.797. The minimum atomic E-state index is 0.567. The van der Waals surface area contributed by atoms with E-state index in [-0.39, 0.29) is 0 Å². The normalized spacial score (nSPS) is 17.6. The number of nitrogen functional groups attached to an aromatic ring is 1. The maximum atomic E-state index is 6.32. The number of aromatic nitrogens is 1. The van der Waals surface area contributed by atoms with Crippen molar-refractivity contribution >= 4 is 22.1 Å². The maximum absolute atomic E-state index is 6.32. The van der Waals surface area contributed by atoms with Gasteiger partial charge >= 0.3 is 0 Å². The summed E-state index contributed by atoms with van der Waals surface area (Å²) >= 11 is 0. The minimum Gasteiger partial charge on any atom is -0.397 e. The third-order valence-electron chi connectivity index (χ3n) is 4.33. The van der Waals surface area contributed by atoms with Crippen LogP contribution in [0.25, 0.3) is 10.8 Å². The van der Waals surface area contributed by atoms with Gasteiger partial charge in [-0.2, -0.15) is 0 Å². The van der Waals surface area contributed by atoms with Crippen LogP contribution in [0.1, 0.15) is 44.9 Å². The fourth-order valence-corrected chi connectivity index (χ4v) is 3.14. The molecule has 1 aliphatic carbocycles. The van der Waals surface area contributed by atoms with E-state index >= 15 is 0 Å². The fraction of sp³-hybridized carbons (Fsp3) is 0.471. The summed E-state index contributed by atoms with van der Waals surface area (Å²) in [4.78, 5) is 4.15. The molecule has 3 N–H and O–H groups in total. The molecule has 3 heteroatoms. The zero-order chi connectivity index (χ0) is 13.8. The molecule has 3 nitrogen and oxygen atoms in total. The molecule has 1 aliphatic rings. The second kappa shape index (κ2) is 6.12. The summed E-state index contributed by atoms with van der Waals surface area (Å²) in [5.41, 5.74) is 8.25. The molecule has 20 heavy (non-hydrogen) atoms. The Bertz CT molecular complexity index is 571. The van der Waals surface area contributed by atoms with Crippen LogP contribution in [0.3, 0.4) is 0 Å².